The topological polar surface area (TPSA) is 84.8 Å². The number of methoxy groups -OCH3 is 1. The summed E-state index contributed by atoms with van der Waals surface area (Å²) < 4.78 is 7.09. The summed E-state index contributed by atoms with van der Waals surface area (Å²) in [5, 5.41) is 5.33. The predicted molar refractivity (Wildman–Crippen MR) is 110 cm³/mol. The summed E-state index contributed by atoms with van der Waals surface area (Å²) in [6.45, 7) is 2.92. The van der Waals surface area contributed by atoms with Crippen LogP contribution in [0.5, 0.6) is 5.75 Å². The maximum Gasteiger partial charge on any atom is 0.163 e. The first-order valence-electron chi connectivity index (χ1n) is 9.51. The highest BCUT2D eigenvalue weighted by atomic mass is 16.5. The number of aryl methyl sites for hydroxylation is 2. The molecule has 0 aliphatic carbocycles. The SMILES string of the molecule is CCCc1nc(N(C)CCc2nc3ccc(OC)cc3[nH]2)c2cnn(C)c2n1. The van der Waals surface area contributed by atoms with Gasteiger partial charge in [-0.2, -0.15) is 5.10 Å². The molecule has 3 heterocycles. The molecule has 3 aromatic heterocycles. The van der Waals surface area contributed by atoms with Crippen LogP contribution in [0.25, 0.3) is 22.1 Å². The van der Waals surface area contributed by atoms with E-state index in [-0.39, 0.29) is 0 Å². The van der Waals surface area contributed by atoms with Crippen LogP contribution in [-0.2, 0) is 19.9 Å². The smallest absolute Gasteiger partial charge is 0.163 e. The van der Waals surface area contributed by atoms with E-state index in [1.54, 1.807) is 11.8 Å². The minimum Gasteiger partial charge on any atom is -0.497 e. The summed E-state index contributed by atoms with van der Waals surface area (Å²) in [5.74, 6) is 3.54. The first-order chi connectivity index (χ1) is 13.6. The van der Waals surface area contributed by atoms with Gasteiger partial charge in [0.15, 0.2) is 5.65 Å². The van der Waals surface area contributed by atoms with Crippen molar-refractivity contribution in [2.24, 2.45) is 7.05 Å². The van der Waals surface area contributed by atoms with Gasteiger partial charge < -0.3 is 14.6 Å². The van der Waals surface area contributed by atoms with Crippen molar-refractivity contribution < 1.29 is 4.74 Å². The molecule has 0 atom stereocenters. The predicted octanol–water partition coefficient (Wildman–Crippen LogP) is 2.88. The van der Waals surface area contributed by atoms with Crippen molar-refractivity contribution in [3.8, 4) is 5.75 Å². The standard InChI is InChI=1S/C20H25N7O/c1-5-6-17-24-19(14-12-21-27(3)20(14)25-17)26(2)10-9-18-22-15-8-7-13(28-4)11-16(15)23-18/h7-8,11-12H,5-6,9-10H2,1-4H3,(H,22,23). The quantitative estimate of drug-likeness (QED) is 0.531. The Bertz CT molecular complexity index is 1110. The van der Waals surface area contributed by atoms with Gasteiger partial charge in [-0.1, -0.05) is 6.92 Å². The molecule has 0 aliphatic rings. The Hall–Kier alpha value is -3.16. The van der Waals surface area contributed by atoms with E-state index in [4.69, 9.17) is 9.72 Å². The average Bonchev–Trinajstić information content (AvgIpc) is 3.28. The number of rotatable bonds is 7. The second-order valence-electron chi connectivity index (χ2n) is 6.96. The number of aromatic nitrogens is 6. The lowest BCUT2D eigenvalue weighted by Gasteiger charge is -2.19. The normalized spacial score (nSPS) is 11.4. The van der Waals surface area contributed by atoms with Crippen molar-refractivity contribution >= 4 is 27.9 Å². The van der Waals surface area contributed by atoms with E-state index in [0.29, 0.717) is 0 Å². The highest BCUT2D eigenvalue weighted by molar-refractivity contribution is 5.86. The van der Waals surface area contributed by atoms with Gasteiger partial charge in [0.1, 0.15) is 23.2 Å². The first kappa shape index (κ1) is 18.2. The molecule has 0 fully saturated rings. The van der Waals surface area contributed by atoms with Gasteiger partial charge in [0.2, 0.25) is 0 Å². The molecule has 8 nitrogen and oxygen atoms in total. The van der Waals surface area contributed by atoms with E-state index in [9.17, 15) is 0 Å². The van der Waals surface area contributed by atoms with Crippen molar-refractivity contribution in [3.63, 3.8) is 0 Å². The molecule has 28 heavy (non-hydrogen) atoms. The lowest BCUT2D eigenvalue weighted by molar-refractivity contribution is 0.415. The number of hydrogen-bond acceptors (Lipinski definition) is 6. The molecule has 0 unspecified atom stereocenters. The van der Waals surface area contributed by atoms with E-state index in [1.807, 2.05) is 31.4 Å². The number of likely N-dealkylation sites (N-methyl/N-ethyl adjacent to an activating group) is 1. The van der Waals surface area contributed by atoms with Gasteiger partial charge in [0.25, 0.3) is 0 Å². The Labute approximate surface area is 163 Å². The monoisotopic (exact) mass is 379 g/mol. The van der Waals surface area contributed by atoms with Crippen LogP contribution in [0.3, 0.4) is 0 Å². The number of aromatic amines is 1. The Morgan fingerprint density at radius 3 is 2.82 bits per heavy atom. The number of anilines is 1. The van der Waals surface area contributed by atoms with Gasteiger partial charge in [0, 0.05) is 39.5 Å². The molecular formula is C20H25N7O. The average molecular weight is 379 g/mol. The van der Waals surface area contributed by atoms with E-state index >= 15 is 0 Å². The molecule has 0 aliphatic heterocycles. The van der Waals surface area contributed by atoms with Crippen molar-refractivity contribution in [1.29, 1.82) is 0 Å². The summed E-state index contributed by atoms with van der Waals surface area (Å²) in [7, 11) is 5.63. The second-order valence-corrected chi connectivity index (χ2v) is 6.96. The number of ether oxygens (including phenoxy) is 1. The highest BCUT2D eigenvalue weighted by Crippen LogP contribution is 2.24. The third-order valence-corrected chi connectivity index (χ3v) is 4.88. The summed E-state index contributed by atoms with van der Waals surface area (Å²) in [5.41, 5.74) is 2.80. The molecule has 1 N–H and O–H groups in total. The van der Waals surface area contributed by atoms with Crippen LogP contribution >= 0.6 is 0 Å². The van der Waals surface area contributed by atoms with Crippen molar-refractivity contribution in [2.45, 2.75) is 26.2 Å². The highest BCUT2D eigenvalue weighted by Gasteiger charge is 2.15. The molecule has 0 bridgehead atoms. The maximum absolute atomic E-state index is 5.28. The number of benzene rings is 1. The van der Waals surface area contributed by atoms with Crippen LogP contribution in [0.15, 0.2) is 24.4 Å². The van der Waals surface area contributed by atoms with E-state index in [2.05, 4.69) is 38.9 Å². The molecule has 0 radical (unpaired) electrons. The third kappa shape index (κ3) is 3.37. The number of fused-ring (bicyclic) bond motifs is 2. The zero-order chi connectivity index (χ0) is 19.7. The molecular weight excluding hydrogens is 354 g/mol. The summed E-state index contributed by atoms with van der Waals surface area (Å²) in [6.07, 6.45) is 4.48. The van der Waals surface area contributed by atoms with Crippen molar-refractivity contribution in [1.82, 2.24) is 29.7 Å². The number of imidazole rings is 1. The van der Waals surface area contributed by atoms with Gasteiger partial charge >= 0.3 is 0 Å². The Kier molecular flexibility index (Phi) is 4.85. The minimum atomic E-state index is 0.780. The number of H-pyrrole nitrogens is 1. The van der Waals surface area contributed by atoms with Gasteiger partial charge in [-0.25, -0.2) is 15.0 Å². The second kappa shape index (κ2) is 7.46. The zero-order valence-electron chi connectivity index (χ0n) is 16.7. The van der Waals surface area contributed by atoms with Crippen LogP contribution in [-0.4, -0.2) is 50.4 Å². The first-order valence-corrected chi connectivity index (χ1v) is 9.51. The molecule has 0 amide bonds. The Balaban J connectivity index is 1.57. The number of hydrogen-bond donors (Lipinski definition) is 1. The van der Waals surface area contributed by atoms with E-state index < -0.39 is 0 Å². The van der Waals surface area contributed by atoms with E-state index in [1.165, 1.54) is 0 Å². The Morgan fingerprint density at radius 1 is 1.18 bits per heavy atom. The molecule has 1 aromatic carbocycles. The van der Waals surface area contributed by atoms with Crippen LogP contribution in [0.2, 0.25) is 0 Å². The number of nitrogens with zero attached hydrogens (tertiary/aromatic N) is 6. The Morgan fingerprint density at radius 2 is 2.04 bits per heavy atom. The summed E-state index contributed by atoms with van der Waals surface area (Å²) in [4.78, 5) is 19.7. The van der Waals surface area contributed by atoms with Crippen molar-refractivity contribution in [3.05, 3.63) is 36.0 Å². The van der Waals surface area contributed by atoms with Gasteiger partial charge in [0.05, 0.1) is 29.7 Å². The third-order valence-electron chi connectivity index (χ3n) is 4.88. The van der Waals surface area contributed by atoms with Crippen LogP contribution in [0, 0.1) is 0 Å². The van der Waals surface area contributed by atoms with Crippen molar-refractivity contribution in [2.75, 3.05) is 25.6 Å². The minimum absolute atomic E-state index is 0.780. The van der Waals surface area contributed by atoms with Gasteiger partial charge in [-0.05, 0) is 18.6 Å². The molecule has 0 spiro atoms. The van der Waals surface area contributed by atoms with Gasteiger partial charge in [-0.3, -0.25) is 4.68 Å². The zero-order valence-corrected chi connectivity index (χ0v) is 16.7. The molecule has 8 heteroatoms. The lowest BCUT2D eigenvalue weighted by Crippen LogP contribution is -2.23. The van der Waals surface area contributed by atoms with Gasteiger partial charge in [-0.15, -0.1) is 0 Å². The number of nitrogens with one attached hydrogen (secondary N) is 1. The molecule has 0 saturated carbocycles. The largest absolute Gasteiger partial charge is 0.497 e. The van der Waals surface area contributed by atoms with Crippen LogP contribution in [0.4, 0.5) is 5.82 Å². The fourth-order valence-electron chi connectivity index (χ4n) is 3.34. The summed E-state index contributed by atoms with van der Waals surface area (Å²) in [6, 6.07) is 5.86. The fraction of sp³-hybridized carbons (Fsp3) is 0.400. The lowest BCUT2D eigenvalue weighted by atomic mass is 10.3. The van der Waals surface area contributed by atoms with Crippen LogP contribution < -0.4 is 9.64 Å². The molecule has 146 valence electrons. The van der Waals surface area contributed by atoms with E-state index in [0.717, 1.165) is 71.1 Å². The summed E-state index contributed by atoms with van der Waals surface area (Å²) >= 11 is 0. The molecule has 4 aromatic rings. The molecule has 4 rings (SSSR count). The fourth-order valence-corrected chi connectivity index (χ4v) is 3.34. The molecule has 0 saturated heterocycles. The van der Waals surface area contributed by atoms with Crippen LogP contribution in [0.1, 0.15) is 25.0 Å². The maximum atomic E-state index is 5.28.